The molecule has 7 heteroatoms. The zero-order chi connectivity index (χ0) is 25.9. The van der Waals surface area contributed by atoms with Gasteiger partial charge in [-0.05, 0) is 73.4 Å². The van der Waals surface area contributed by atoms with Crippen molar-refractivity contribution >= 4 is 22.6 Å². The van der Waals surface area contributed by atoms with Crippen LogP contribution in [0.5, 0.6) is 0 Å². The molecule has 0 radical (unpaired) electrons. The number of carbonyl (C=O) groups excluding carboxylic acids is 1. The van der Waals surface area contributed by atoms with Gasteiger partial charge in [0.15, 0.2) is 5.65 Å². The number of amides is 1. The van der Waals surface area contributed by atoms with Crippen LogP contribution in [0.3, 0.4) is 0 Å². The van der Waals surface area contributed by atoms with E-state index in [4.69, 9.17) is 9.72 Å². The molecule has 2 aromatic heterocycles. The van der Waals surface area contributed by atoms with Crippen molar-refractivity contribution < 1.29 is 9.53 Å². The van der Waals surface area contributed by atoms with E-state index in [-0.39, 0.29) is 5.91 Å². The monoisotopic (exact) mass is 519 g/mol. The molecule has 1 amide bonds. The molecule has 2 bridgehead atoms. The third-order valence-electron chi connectivity index (χ3n) is 9.41. The molecule has 1 N–H and O–H groups in total. The van der Waals surface area contributed by atoms with Gasteiger partial charge in [0, 0.05) is 59.5 Å². The van der Waals surface area contributed by atoms with Crippen molar-refractivity contribution in [3.63, 3.8) is 0 Å². The third-order valence-corrected chi connectivity index (χ3v) is 9.41. The van der Waals surface area contributed by atoms with Crippen LogP contribution in [-0.4, -0.2) is 63.9 Å². The number of aromatic nitrogens is 3. The number of nitrogens with one attached hydrogen (secondary N) is 1. The van der Waals surface area contributed by atoms with Crippen LogP contribution >= 0.6 is 0 Å². The van der Waals surface area contributed by atoms with Crippen molar-refractivity contribution in [2.45, 2.75) is 63.1 Å². The van der Waals surface area contributed by atoms with E-state index in [1.54, 1.807) is 0 Å². The molecule has 0 saturated carbocycles. The molecule has 0 spiro atoms. The smallest absolute Gasteiger partial charge is 0.227 e. The Bertz CT molecular complexity index is 1550. The maximum absolute atomic E-state index is 12.1. The van der Waals surface area contributed by atoms with Crippen molar-refractivity contribution in [2.75, 3.05) is 24.7 Å². The van der Waals surface area contributed by atoms with Crippen LogP contribution in [-0.2, 0) is 22.4 Å². The molecule has 5 heterocycles. The van der Waals surface area contributed by atoms with E-state index in [0.717, 1.165) is 66.9 Å². The summed E-state index contributed by atoms with van der Waals surface area (Å²) < 4.78 is 5.73. The van der Waals surface area contributed by atoms with Crippen LogP contribution in [0.15, 0.2) is 54.7 Å². The molecule has 8 rings (SSSR count). The molecule has 3 aliphatic heterocycles. The van der Waals surface area contributed by atoms with Crippen LogP contribution in [0, 0.1) is 0 Å². The Morgan fingerprint density at radius 2 is 1.64 bits per heavy atom. The molecule has 7 nitrogen and oxygen atoms in total. The Balaban J connectivity index is 1.05. The lowest BCUT2D eigenvalue weighted by Crippen LogP contribution is -2.66. The molecule has 2 unspecified atom stereocenters. The Hall–Kier alpha value is -3.55. The molecule has 39 heavy (non-hydrogen) atoms. The summed E-state index contributed by atoms with van der Waals surface area (Å²) in [5.41, 5.74) is 8.99. The van der Waals surface area contributed by atoms with E-state index < -0.39 is 0 Å². The average Bonchev–Trinajstić information content (AvgIpc) is 3.54. The molecule has 198 valence electrons. The van der Waals surface area contributed by atoms with E-state index in [1.807, 2.05) is 23.2 Å². The van der Waals surface area contributed by atoms with Crippen LogP contribution in [0.25, 0.3) is 33.4 Å². The highest BCUT2D eigenvalue weighted by Gasteiger charge is 2.45. The van der Waals surface area contributed by atoms with Gasteiger partial charge in [0.1, 0.15) is 0 Å². The Kier molecular flexibility index (Phi) is 5.56. The Labute approximate surface area is 228 Å². The van der Waals surface area contributed by atoms with Crippen molar-refractivity contribution in [3.05, 3.63) is 65.9 Å². The molecule has 2 aromatic carbocycles. The lowest BCUT2D eigenvalue weighted by molar-refractivity contribution is -0.148. The summed E-state index contributed by atoms with van der Waals surface area (Å²) in [6.45, 7) is 2.63. The van der Waals surface area contributed by atoms with E-state index >= 15 is 0 Å². The van der Waals surface area contributed by atoms with Crippen molar-refractivity contribution in [3.8, 4) is 22.4 Å². The highest BCUT2D eigenvalue weighted by atomic mass is 16.5. The molecule has 1 aliphatic carbocycles. The van der Waals surface area contributed by atoms with Gasteiger partial charge in [0.2, 0.25) is 5.91 Å². The maximum Gasteiger partial charge on any atom is 0.227 e. The zero-order valence-electron chi connectivity index (χ0n) is 22.1. The van der Waals surface area contributed by atoms with Crippen LogP contribution in [0.1, 0.15) is 43.2 Å². The summed E-state index contributed by atoms with van der Waals surface area (Å²) in [6.07, 6.45) is 9.58. The van der Waals surface area contributed by atoms with Crippen molar-refractivity contribution in [1.82, 2.24) is 20.1 Å². The number of hydrogen-bond donors (Lipinski definition) is 1. The minimum absolute atomic E-state index is 0.206. The summed E-state index contributed by atoms with van der Waals surface area (Å²) >= 11 is 0. The quantitative estimate of drug-likeness (QED) is 0.378. The normalized spacial score (nSPS) is 25.0. The molecule has 3 fully saturated rings. The fraction of sp³-hybridized carbons (Fsp3) is 0.406. The predicted molar refractivity (Wildman–Crippen MR) is 152 cm³/mol. The number of pyridine rings is 1. The molecule has 4 aromatic rings. The van der Waals surface area contributed by atoms with Gasteiger partial charge in [0.05, 0.1) is 18.9 Å². The van der Waals surface area contributed by atoms with Gasteiger partial charge >= 0.3 is 0 Å². The highest BCUT2D eigenvalue weighted by Crippen LogP contribution is 2.38. The largest absolute Gasteiger partial charge is 0.378 e. The fourth-order valence-corrected chi connectivity index (χ4v) is 7.34. The van der Waals surface area contributed by atoms with E-state index in [0.29, 0.717) is 30.2 Å². The minimum Gasteiger partial charge on any atom is -0.378 e. The second kappa shape index (κ2) is 9.28. The first-order chi connectivity index (χ1) is 19.2. The van der Waals surface area contributed by atoms with Gasteiger partial charge in [-0.2, -0.15) is 5.10 Å². The number of benzene rings is 2. The first-order valence-corrected chi connectivity index (χ1v) is 14.4. The molecule has 3 atom stereocenters. The van der Waals surface area contributed by atoms with Gasteiger partial charge in [0.25, 0.3) is 0 Å². The van der Waals surface area contributed by atoms with Gasteiger partial charge < -0.3 is 9.64 Å². The molecular weight excluding hydrogens is 486 g/mol. The van der Waals surface area contributed by atoms with Crippen molar-refractivity contribution in [2.24, 2.45) is 0 Å². The van der Waals surface area contributed by atoms with E-state index in [2.05, 4.69) is 51.5 Å². The first kappa shape index (κ1) is 23.3. The molecule has 4 aliphatic rings. The number of nitrogens with zero attached hydrogens (tertiary/aromatic N) is 4. The topological polar surface area (TPSA) is 74.4 Å². The number of rotatable bonds is 4. The van der Waals surface area contributed by atoms with Gasteiger partial charge in [-0.1, -0.05) is 30.3 Å². The van der Waals surface area contributed by atoms with Gasteiger partial charge in [-0.3, -0.25) is 14.8 Å². The lowest BCUT2D eigenvalue weighted by atomic mass is 9.87. The number of carbonyl (C=O) groups is 1. The lowest BCUT2D eigenvalue weighted by Gasteiger charge is -2.56. The summed E-state index contributed by atoms with van der Waals surface area (Å²) in [5.74, 6) is 0.206. The third kappa shape index (κ3) is 3.98. The summed E-state index contributed by atoms with van der Waals surface area (Å²) in [7, 11) is 0. The SMILES string of the molecule is O=C1CCCN1c1ccc(-c2[nH]nc3ncc(-c4ccc5c(c4)CC[C@@H](N4C6COCC4C6)CC5)cc23)cc1. The van der Waals surface area contributed by atoms with Crippen LogP contribution in [0.2, 0.25) is 0 Å². The van der Waals surface area contributed by atoms with Gasteiger partial charge in [-0.15, -0.1) is 0 Å². The summed E-state index contributed by atoms with van der Waals surface area (Å²) in [5, 5.41) is 8.69. The number of fused-ring (bicyclic) bond motifs is 4. The fourth-order valence-electron chi connectivity index (χ4n) is 7.34. The van der Waals surface area contributed by atoms with Gasteiger partial charge in [-0.25, -0.2) is 4.98 Å². The number of anilines is 1. The summed E-state index contributed by atoms with van der Waals surface area (Å²) in [4.78, 5) is 21.5. The highest BCUT2D eigenvalue weighted by molar-refractivity contribution is 5.96. The molecular formula is C32H33N5O2. The Morgan fingerprint density at radius 3 is 2.41 bits per heavy atom. The number of morpholine rings is 1. The van der Waals surface area contributed by atoms with Crippen LogP contribution in [0.4, 0.5) is 5.69 Å². The number of aryl methyl sites for hydroxylation is 2. The number of hydrogen-bond acceptors (Lipinski definition) is 5. The van der Waals surface area contributed by atoms with Crippen molar-refractivity contribution in [1.29, 1.82) is 0 Å². The van der Waals surface area contributed by atoms with E-state index in [9.17, 15) is 4.79 Å². The standard InChI is InChI=1S/C32H33N5O2/c38-30-2-1-13-36(30)25-9-6-21(7-10-25)31-29-15-24(17-33-32(29)35-34-31)23-4-3-20-5-11-26(12-8-22(20)14-23)37-27-16-28(37)19-39-18-27/h3-4,6-7,9-10,14-15,17,26-28H,1-2,5,8,11-13,16,18-19H2,(H,33,34,35)/t26-,27?,28?/m0/s1. The number of aromatic amines is 1. The van der Waals surface area contributed by atoms with Crippen LogP contribution < -0.4 is 4.90 Å². The zero-order valence-corrected chi connectivity index (χ0v) is 22.1. The minimum atomic E-state index is 0.206. The molecule has 3 saturated heterocycles. The Morgan fingerprint density at radius 1 is 0.846 bits per heavy atom. The number of H-pyrrole nitrogens is 1. The van der Waals surface area contributed by atoms with E-state index in [1.165, 1.54) is 36.0 Å². The maximum atomic E-state index is 12.1. The first-order valence-electron chi connectivity index (χ1n) is 14.4. The second-order valence-electron chi connectivity index (χ2n) is 11.6. The predicted octanol–water partition coefficient (Wildman–Crippen LogP) is 5.14. The second-order valence-corrected chi connectivity index (χ2v) is 11.6. The number of ether oxygens (including phenoxy) is 1. The average molecular weight is 520 g/mol. The summed E-state index contributed by atoms with van der Waals surface area (Å²) in [6, 6.07) is 19.4.